The van der Waals surface area contributed by atoms with Crippen LogP contribution in [-0.4, -0.2) is 25.6 Å². The third-order valence-electron chi connectivity index (χ3n) is 2.89. The first-order valence-electron chi connectivity index (χ1n) is 7.06. The van der Waals surface area contributed by atoms with Crippen LogP contribution in [0.4, 0.5) is 0 Å². The van der Waals surface area contributed by atoms with Gasteiger partial charge in [-0.3, -0.25) is 4.79 Å². The van der Waals surface area contributed by atoms with Crippen molar-refractivity contribution in [2.24, 2.45) is 0 Å². The first-order valence-corrected chi connectivity index (χ1v) is 7.06. The molecule has 0 radical (unpaired) electrons. The van der Waals surface area contributed by atoms with Crippen LogP contribution >= 0.6 is 0 Å². The number of Topliss-reactive ketones (excluding diaryl/α,β-unsaturated/α-hetero) is 1. The van der Waals surface area contributed by atoms with Crippen molar-refractivity contribution in [3.8, 4) is 5.75 Å². The van der Waals surface area contributed by atoms with Gasteiger partial charge in [0.25, 0.3) is 0 Å². The van der Waals surface area contributed by atoms with Crippen LogP contribution in [-0.2, 0) is 4.74 Å². The molecule has 106 valence electrons. The van der Waals surface area contributed by atoms with E-state index in [1.165, 1.54) is 19.3 Å². The molecule has 0 fully saturated rings. The third-order valence-corrected chi connectivity index (χ3v) is 2.89. The van der Waals surface area contributed by atoms with Crippen molar-refractivity contribution < 1.29 is 14.3 Å². The first-order chi connectivity index (χ1) is 9.25. The highest BCUT2D eigenvalue weighted by Crippen LogP contribution is 2.18. The Morgan fingerprint density at radius 1 is 1.05 bits per heavy atom. The molecular weight excluding hydrogens is 240 g/mol. The first kappa shape index (κ1) is 15.7. The van der Waals surface area contributed by atoms with Crippen LogP contribution in [0.3, 0.4) is 0 Å². The zero-order valence-electron chi connectivity index (χ0n) is 12.0. The molecule has 0 atom stereocenters. The predicted molar refractivity (Wildman–Crippen MR) is 76.9 cm³/mol. The van der Waals surface area contributed by atoms with Crippen LogP contribution in [0, 0.1) is 0 Å². The standard InChI is InChI=1S/C16H24O3/c1-3-4-5-8-11-18-12-13-19-16-10-7-6-9-15(16)14(2)17/h6-7,9-10H,3-5,8,11-13H2,1-2H3. The number of carbonyl (C=O) groups excluding carboxylic acids is 1. The highest BCUT2D eigenvalue weighted by Gasteiger charge is 2.06. The van der Waals surface area contributed by atoms with Gasteiger partial charge in [0.15, 0.2) is 5.78 Å². The van der Waals surface area contributed by atoms with Gasteiger partial charge in [-0.05, 0) is 25.5 Å². The zero-order valence-corrected chi connectivity index (χ0v) is 12.0. The topological polar surface area (TPSA) is 35.5 Å². The van der Waals surface area contributed by atoms with Crippen molar-refractivity contribution in [3.05, 3.63) is 29.8 Å². The van der Waals surface area contributed by atoms with Crippen molar-refractivity contribution in [2.75, 3.05) is 19.8 Å². The van der Waals surface area contributed by atoms with E-state index < -0.39 is 0 Å². The van der Waals surface area contributed by atoms with Crippen LogP contribution in [0.15, 0.2) is 24.3 Å². The Labute approximate surface area is 115 Å². The van der Waals surface area contributed by atoms with E-state index in [9.17, 15) is 4.79 Å². The van der Waals surface area contributed by atoms with Gasteiger partial charge in [0.05, 0.1) is 12.2 Å². The molecule has 1 aromatic rings. The number of para-hydroxylation sites is 1. The molecule has 0 unspecified atom stereocenters. The van der Waals surface area contributed by atoms with Crippen molar-refractivity contribution in [2.45, 2.75) is 39.5 Å². The molecule has 0 aromatic heterocycles. The average Bonchev–Trinajstić information content (AvgIpc) is 2.42. The minimum atomic E-state index is 0.0242. The lowest BCUT2D eigenvalue weighted by Crippen LogP contribution is -2.09. The summed E-state index contributed by atoms with van der Waals surface area (Å²) in [6, 6.07) is 7.31. The summed E-state index contributed by atoms with van der Waals surface area (Å²) < 4.78 is 11.1. The van der Waals surface area contributed by atoms with E-state index in [4.69, 9.17) is 9.47 Å². The van der Waals surface area contributed by atoms with Crippen LogP contribution in [0.25, 0.3) is 0 Å². The van der Waals surface area contributed by atoms with Crippen LogP contribution in [0.2, 0.25) is 0 Å². The lowest BCUT2D eigenvalue weighted by molar-refractivity contribution is 0.0942. The summed E-state index contributed by atoms with van der Waals surface area (Å²) in [7, 11) is 0. The van der Waals surface area contributed by atoms with Crippen molar-refractivity contribution in [1.82, 2.24) is 0 Å². The van der Waals surface area contributed by atoms with Crippen molar-refractivity contribution in [1.29, 1.82) is 0 Å². The Hall–Kier alpha value is -1.35. The summed E-state index contributed by atoms with van der Waals surface area (Å²) in [4.78, 5) is 11.4. The van der Waals surface area contributed by atoms with E-state index in [2.05, 4.69) is 6.92 Å². The smallest absolute Gasteiger partial charge is 0.163 e. The number of hydrogen-bond acceptors (Lipinski definition) is 3. The Balaban J connectivity index is 2.17. The van der Waals surface area contributed by atoms with Crippen LogP contribution in [0.1, 0.15) is 49.9 Å². The van der Waals surface area contributed by atoms with E-state index in [-0.39, 0.29) is 5.78 Å². The van der Waals surface area contributed by atoms with E-state index >= 15 is 0 Å². The molecule has 0 amide bonds. The maximum atomic E-state index is 11.4. The molecule has 0 saturated carbocycles. The minimum absolute atomic E-state index is 0.0242. The number of benzene rings is 1. The van der Waals surface area contributed by atoms with Crippen LogP contribution in [0.5, 0.6) is 5.75 Å². The summed E-state index contributed by atoms with van der Waals surface area (Å²) in [6.07, 6.45) is 4.85. The number of unbranched alkanes of at least 4 members (excludes halogenated alkanes) is 3. The van der Waals surface area contributed by atoms with E-state index in [1.54, 1.807) is 13.0 Å². The Kier molecular flexibility index (Phi) is 7.91. The largest absolute Gasteiger partial charge is 0.490 e. The normalized spacial score (nSPS) is 10.4. The van der Waals surface area contributed by atoms with Gasteiger partial charge in [-0.15, -0.1) is 0 Å². The summed E-state index contributed by atoms with van der Waals surface area (Å²) in [5.41, 5.74) is 0.630. The molecule has 0 heterocycles. The Morgan fingerprint density at radius 3 is 2.58 bits per heavy atom. The quantitative estimate of drug-likeness (QED) is 0.475. The maximum Gasteiger partial charge on any atom is 0.163 e. The molecule has 0 aliphatic heterocycles. The average molecular weight is 264 g/mol. The fourth-order valence-corrected chi connectivity index (χ4v) is 1.83. The monoisotopic (exact) mass is 264 g/mol. The molecule has 3 nitrogen and oxygen atoms in total. The second-order valence-electron chi connectivity index (χ2n) is 4.57. The molecule has 1 aromatic carbocycles. The molecule has 3 heteroatoms. The third kappa shape index (κ3) is 6.39. The van der Waals surface area contributed by atoms with Gasteiger partial charge in [-0.1, -0.05) is 38.3 Å². The van der Waals surface area contributed by atoms with Gasteiger partial charge in [0.2, 0.25) is 0 Å². The number of hydrogen-bond donors (Lipinski definition) is 0. The molecule has 0 saturated heterocycles. The highest BCUT2D eigenvalue weighted by atomic mass is 16.5. The molecule has 1 rings (SSSR count). The van der Waals surface area contributed by atoms with Gasteiger partial charge in [0, 0.05) is 6.61 Å². The second-order valence-corrected chi connectivity index (χ2v) is 4.57. The number of carbonyl (C=O) groups is 1. The summed E-state index contributed by atoms with van der Waals surface area (Å²) in [5, 5.41) is 0. The molecule has 0 N–H and O–H groups in total. The number of rotatable bonds is 10. The fraction of sp³-hybridized carbons (Fsp3) is 0.562. The SMILES string of the molecule is CCCCCCOCCOc1ccccc1C(C)=O. The van der Waals surface area contributed by atoms with Crippen LogP contribution < -0.4 is 4.74 Å². The molecule has 0 aliphatic carbocycles. The summed E-state index contributed by atoms with van der Waals surface area (Å²) in [6.45, 7) is 5.59. The van der Waals surface area contributed by atoms with Gasteiger partial charge in [-0.2, -0.15) is 0 Å². The molecule has 0 aliphatic rings. The van der Waals surface area contributed by atoms with Gasteiger partial charge < -0.3 is 9.47 Å². The van der Waals surface area contributed by atoms with Crippen molar-refractivity contribution >= 4 is 5.78 Å². The Morgan fingerprint density at radius 2 is 1.84 bits per heavy atom. The summed E-state index contributed by atoms with van der Waals surface area (Å²) >= 11 is 0. The van der Waals surface area contributed by atoms with Gasteiger partial charge in [0.1, 0.15) is 12.4 Å². The molecule has 19 heavy (non-hydrogen) atoms. The van der Waals surface area contributed by atoms with E-state index in [0.29, 0.717) is 24.5 Å². The highest BCUT2D eigenvalue weighted by molar-refractivity contribution is 5.96. The lowest BCUT2D eigenvalue weighted by Gasteiger charge is -2.09. The molecule has 0 bridgehead atoms. The number of ether oxygens (including phenoxy) is 2. The Bertz CT molecular complexity index is 374. The molecule has 0 spiro atoms. The van der Waals surface area contributed by atoms with Crippen molar-refractivity contribution in [3.63, 3.8) is 0 Å². The van der Waals surface area contributed by atoms with E-state index in [0.717, 1.165) is 13.0 Å². The number of ketones is 1. The van der Waals surface area contributed by atoms with E-state index in [1.807, 2.05) is 18.2 Å². The summed E-state index contributed by atoms with van der Waals surface area (Å²) in [5.74, 6) is 0.667. The predicted octanol–water partition coefficient (Wildman–Crippen LogP) is 3.86. The lowest BCUT2D eigenvalue weighted by atomic mass is 10.1. The fourth-order valence-electron chi connectivity index (χ4n) is 1.83. The van der Waals surface area contributed by atoms with Gasteiger partial charge in [-0.25, -0.2) is 0 Å². The minimum Gasteiger partial charge on any atom is -0.490 e. The maximum absolute atomic E-state index is 11.4. The van der Waals surface area contributed by atoms with Gasteiger partial charge >= 0.3 is 0 Å². The second kappa shape index (κ2) is 9.56. The molecular formula is C16H24O3. The zero-order chi connectivity index (χ0) is 13.9.